The Morgan fingerprint density at radius 3 is 2.67 bits per heavy atom. The molecule has 5 nitrogen and oxygen atoms in total. The van der Waals surface area contributed by atoms with Crippen molar-refractivity contribution in [2.45, 2.75) is 32.7 Å². The first-order valence-electron chi connectivity index (χ1n) is 11.8. The smallest absolute Gasteiger partial charge is 0.161 e. The van der Waals surface area contributed by atoms with E-state index >= 15 is 0 Å². The van der Waals surface area contributed by atoms with Gasteiger partial charge in [-0.2, -0.15) is 5.26 Å². The maximum atomic E-state index is 9.13. The summed E-state index contributed by atoms with van der Waals surface area (Å²) in [4.78, 5) is 4.80. The maximum absolute atomic E-state index is 9.13. The molecule has 2 aromatic heterocycles. The van der Waals surface area contributed by atoms with Crippen molar-refractivity contribution in [1.82, 2.24) is 19.4 Å². The normalized spacial score (nSPS) is 15.3. The number of nitriles is 1. The van der Waals surface area contributed by atoms with Gasteiger partial charge in [-0.05, 0) is 86.1 Å². The second kappa shape index (κ2) is 8.06. The topological polar surface area (TPSA) is 58.6 Å². The van der Waals surface area contributed by atoms with Crippen LogP contribution in [0, 0.1) is 24.2 Å². The van der Waals surface area contributed by atoms with Crippen LogP contribution in [0.15, 0.2) is 60.9 Å². The lowest BCUT2D eigenvalue weighted by atomic mass is 9.90. The Kier molecular flexibility index (Phi) is 4.89. The van der Waals surface area contributed by atoms with Gasteiger partial charge in [0.2, 0.25) is 0 Å². The van der Waals surface area contributed by atoms with Gasteiger partial charge in [0.1, 0.15) is 0 Å². The molecule has 4 heterocycles. The summed E-state index contributed by atoms with van der Waals surface area (Å²) in [5.41, 5.74) is 9.22. The number of nitrogens with one attached hydrogen (secondary N) is 1. The molecule has 4 aromatic rings. The highest BCUT2D eigenvalue weighted by Gasteiger charge is 2.23. The van der Waals surface area contributed by atoms with Crippen LogP contribution in [-0.4, -0.2) is 27.2 Å². The van der Waals surface area contributed by atoms with Crippen LogP contribution in [0.25, 0.3) is 28.3 Å². The molecule has 5 heteroatoms. The molecule has 33 heavy (non-hydrogen) atoms. The van der Waals surface area contributed by atoms with E-state index in [0.717, 1.165) is 60.3 Å². The van der Waals surface area contributed by atoms with Crippen molar-refractivity contribution in [2.75, 3.05) is 13.1 Å². The second-order valence-corrected chi connectivity index (χ2v) is 9.35. The molecule has 2 aliphatic heterocycles. The highest BCUT2D eigenvalue weighted by molar-refractivity contribution is 5.72. The van der Waals surface area contributed by atoms with Gasteiger partial charge in [0.25, 0.3) is 0 Å². The van der Waals surface area contributed by atoms with Crippen molar-refractivity contribution >= 4 is 0 Å². The van der Waals surface area contributed by atoms with Crippen molar-refractivity contribution in [2.24, 2.45) is 5.92 Å². The number of imidazole rings is 1. The molecule has 6 rings (SSSR count). The predicted molar refractivity (Wildman–Crippen MR) is 130 cm³/mol. The van der Waals surface area contributed by atoms with E-state index in [9.17, 15) is 0 Å². The van der Waals surface area contributed by atoms with Gasteiger partial charge in [0.05, 0.1) is 23.0 Å². The second-order valence-electron chi connectivity index (χ2n) is 9.35. The van der Waals surface area contributed by atoms with Crippen LogP contribution in [0.2, 0.25) is 0 Å². The van der Waals surface area contributed by atoms with E-state index in [1.807, 2.05) is 30.5 Å². The summed E-state index contributed by atoms with van der Waals surface area (Å²) < 4.78 is 4.62. The average Bonchev–Trinajstić information content (AvgIpc) is 3.40. The predicted octanol–water partition coefficient (Wildman–Crippen LogP) is 5.09. The van der Waals surface area contributed by atoms with E-state index in [2.05, 4.69) is 57.9 Å². The zero-order valence-electron chi connectivity index (χ0n) is 18.9. The molecule has 0 unspecified atom stereocenters. The largest absolute Gasteiger partial charge is 0.340 e. The molecule has 0 spiro atoms. The standard InChI is InChI=1S/C28H27N5/c1-19-16-31-28-27-14-24(23-5-2-21(15-29)3-6-23)17-32(27)18-25-13-22(4-7-26(25)33(19)28)12-20-8-10-30-11-9-20/h2-7,13-14,16-17,20,30H,8-12,18H2,1H3. The highest BCUT2D eigenvalue weighted by Crippen LogP contribution is 2.35. The third kappa shape index (κ3) is 3.57. The number of nitrogens with zero attached hydrogens (tertiary/aromatic N) is 4. The molecular formula is C28H27N5. The lowest BCUT2D eigenvalue weighted by molar-refractivity contribution is 0.372. The number of benzene rings is 2. The Labute approximate surface area is 194 Å². The zero-order valence-corrected chi connectivity index (χ0v) is 18.9. The number of rotatable bonds is 3. The maximum Gasteiger partial charge on any atom is 0.161 e. The van der Waals surface area contributed by atoms with Gasteiger partial charge in [-0.3, -0.25) is 4.57 Å². The van der Waals surface area contributed by atoms with E-state index in [1.165, 1.54) is 29.7 Å². The Hall–Kier alpha value is -3.62. The molecule has 0 amide bonds. The minimum atomic E-state index is 0.681. The van der Waals surface area contributed by atoms with Crippen molar-refractivity contribution < 1.29 is 0 Å². The molecule has 1 fully saturated rings. The number of aromatic nitrogens is 3. The fourth-order valence-electron chi connectivity index (χ4n) is 5.36. The van der Waals surface area contributed by atoms with Gasteiger partial charge in [0.15, 0.2) is 5.82 Å². The van der Waals surface area contributed by atoms with Crippen LogP contribution in [-0.2, 0) is 13.0 Å². The molecule has 0 radical (unpaired) electrons. The molecule has 2 aliphatic rings. The number of piperidine rings is 1. The van der Waals surface area contributed by atoms with E-state index in [1.54, 1.807) is 0 Å². The number of fused-ring (bicyclic) bond motifs is 5. The van der Waals surface area contributed by atoms with Gasteiger partial charge in [0, 0.05) is 30.2 Å². The molecule has 0 aliphatic carbocycles. The summed E-state index contributed by atoms with van der Waals surface area (Å²) in [6, 6.07) is 19.3. The van der Waals surface area contributed by atoms with Crippen LogP contribution < -0.4 is 5.32 Å². The molecule has 2 aromatic carbocycles. The van der Waals surface area contributed by atoms with Crippen LogP contribution in [0.3, 0.4) is 0 Å². The Morgan fingerprint density at radius 1 is 1.06 bits per heavy atom. The summed E-state index contributed by atoms with van der Waals surface area (Å²) in [6.07, 6.45) is 7.86. The van der Waals surface area contributed by atoms with E-state index in [4.69, 9.17) is 10.2 Å². The summed E-state index contributed by atoms with van der Waals surface area (Å²) in [6.45, 7) is 5.23. The first kappa shape index (κ1) is 20.0. The summed E-state index contributed by atoms with van der Waals surface area (Å²) in [7, 11) is 0. The van der Waals surface area contributed by atoms with Crippen LogP contribution in [0.4, 0.5) is 0 Å². The number of hydrogen-bond donors (Lipinski definition) is 1. The Balaban J connectivity index is 1.41. The SMILES string of the molecule is Cc1cnc2n1-c1ccc(CC3CCNCC3)cc1Cn1cc(-c3ccc(C#N)cc3)cc1-2. The molecule has 0 bridgehead atoms. The molecule has 1 saturated heterocycles. The fourth-order valence-corrected chi connectivity index (χ4v) is 5.36. The summed E-state index contributed by atoms with van der Waals surface area (Å²) in [5.74, 6) is 1.75. The first-order chi connectivity index (χ1) is 16.2. The monoisotopic (exact) mass is 433 g/mol. The van der Waals surface area contributed by atoms with Gasteiger partial charge >= 0.3 is 0 Å². The zero-order chi connectivity index (χ0) is 22.4. The average molecular weight is 434 g/mol. The molecule has 0 atom stereocenters. The van der Waals surface area contributed by atoms with Crippen molar-refractivity contribution in [3.63, 3.8) is 0 Å². The van der Waals surface area contributed by atoms with Crippen molar-refractivity contribution in [3.05, 3.63) is 83.3 Å². The van der Waals surface area contributed by atoms with Crippen LogP contribution in [0.1, 0.15) is 35.2 Å². The van der Waals surface area contributed by atoms with Gasteiger partial charge < -0.3 is 9.88 Å². The molecule has 1 N–H and O–H groups in total. The highest BCUT2D eigenvalue weighted by atomic mass is 15.1. The Bertz CT molecular complexity index is 1360. The minimum Gasteiger partial charge on any atom is -0.340 e. The lowest BCUT2D eigenvalue weighted by Crippen LogP contribution is -2.28. The third-order valence-electron chi connectivity index (χ3n) is 7.12. The number of hydrogen-bond acceptors (Lipinski definition) is 3. The van der Waals surface area contributed by atoms with Gasteiger partial charge in [-0.15, -0.1) is 0 Å². The summed E-state index contributed by atoms with van der Waals surface area (Å²) >= 11 is 0. The van der Waals surface area contributed by atoms with Gasteiger partial charge in [-0.1, -0.05) is 24.3 Å². The fraction of sp³-hybridized carbons (Fsp3) is 0.286. The lowest BCUT2D eigenvalue weighted by Gasteiger charge is -2.23. The van der Waals surface area contributed by atoms with E-state index < -0.39 is 0 Å². The molecular weight excluding hydrogens is 406 g/mol. The Morgan fingerprint density at radius 2 is 1.88 bits per heavy atom. The minimum absolute atomic E-state index is 0.681. The van der Waals surface area contributed by atoms with Gasteiger partial charge in [-0.25, -0.2) is 4.98 Å². The number of aryl methyl sites for hydroxylation is 1. The molecule has 164 valence electrons. The third-order valence-corrected chi connectivity index (χ3v) is 7.12. The van der Waals surface area contributed by atoms with Crippen molar-refractivity contribution in [1.29, 1.82) is 5.26 Å². The van der Waals surface area contributed by atoms with E-state index in [0.29, 0.717) is 5.56 Å². The van der Waals surface area contributed by atoms with Crippen molar-refractivity contribution in [3.8, 4) is 34.4 Å². The van der Waals surface area contributed by atoms with Crippen LogP contribution in [0.5, 0.6) is 0 Å². The van der Waals surface area contributed by atoms with Crippen LogP contribution >= 0.6 is 0 Å². The van der Waals surface area contributed by atoms with E-state index in [-0.39, 0.29) is 0 Å². The summed E-state index contributed by atoms with van der Waals surface area (Å²) in [5, 5.41) is 12.6. The first-order valence-corrected chi connectivity index (χ1v) is 11.8. The quantitative estimate of drug-likeness (QED) is 0.431. The molecule has 0 saturated carbocycles.